The van der Waals surface area contributed by atoms with Gasteiger partial charge in [0.2, 0.25) is 13.1 Å². The van der Waals surface area contributed by atoms with Gasteiger partial charge in [-0.3, -0.25) is 25.0 Å². The lowest BCUT2D eigenvalue weighted by molar-refractivity contribution is -0.497. The topological polar surface area (TPSA) is 103 Å². The molecule has 13 heteroatoms. The van der Waals surface area contributed by atoms with Gasteiger partial charge in [-0.1, -0.05) is 36.4 Å². The highest BCUT2D eigenvalue weighted by atomic mass is 19.4. The van der Waals surface area contributed by atoms with Gasteiger partial charge in [0.25, 0.3) is 0 Å². The van der Waals surface area contributed by atoms with Crippen LogP contribution in [0, 0.1) is 20.2 Å². The van der Waals surface area contributed by atoms with Gasteiger partial charge in [-0.15, -0.1) is 0 Å². The van der Waals surface area contributed by atoms with Crippen molar-refractivity contribution in [3.8, 4) is 0 Å². The van der Waals surface area contributed by atoms with Gasteiger partial charge in [-0.05, 0) is 0 Å². The van der Waals surface area contributed by atoms with Crippen molar-refractivity contribution in [3.63, 3.8) is 0 Å². The zero-order valence-electron chi connectivity index (χ0n) is 14.6. The molecule has 2 rings (SSSR count). The molecule has 0 saturated carbocycles. The summed E-state index contributed by atoms with van der Waals surface area (Å²) in [7, 11) is 0. The summed E-state index contributed by atoms with van der Waals surface area (Å²) >= 11 is 0. The smallest absolute Gasteiger partial charge is 0.289 e. The van der Waals surface area contributed by atoms with Gasteiger partial charge in [0, 0.05) is 32.1 Å². The SMILES string of the molecule is O=C(c1cccc(C[N+](=O)[O-])c1C(F)(F)F)c1cccc(C[N+](=O)[O-])c1C(F)(F)F. The van der Waals surface area contributed by atoms with Crippen LogP contribution in [0.25, 0.3) is 0 Å². The summed E-state index contributed by atoms with van der Waals surface area (Å²) in [6.45, 7) is -2.63. The second kappa shape index (κ2) is 8.08. The van der Waals surface area contributed by atoms with Crippen molar-refractivity contribution in [1.82, 2.24) is 0 Å². The van der Waals surface area contributed by atoms with Crippen LogP contribution >= 0.6 is 0 Å². The molecule has 0 radical (unpaired) electrons. The summed E-state index contributed by atoms with van der Waals surface area (Å²) in [6, 6.07) is 4.39. The number of carbonyl (C=O) groups is 1. The number of hydrogen-bond acceptors (Lipinski definition) is 5. The van der Waals surface area contributed by atoms with E-state index in [1.54, 1.807) is 0 Å². The number of carbonyl (C=O) groups excluding carboxylic acids is 1. The fourth-order valence-electron chi connectivity index (χ4n) is 2.93. The molecule has 0 aliphatic heterocycles. The maximum Gasteiger partial charge on any atom is 0.417 e. The number of nitrogens with zero attached hydrogens (tertiary/aromatic N) is 2. The molecule has 0 fully saturated rings. The first-order valence-corrected chi connectivity index (χ1v) is 7.90. The minimum absolute atomic E-state index is 0.592. The molecule has 0 spiro atoms. The molecule has 0 saturated heterocycles. The van der Waals surface area contributed by atoms with E-state index in [9.17, 15) is 51.4 Å². The fourth-order valence-corrected chi connectivity index (χ4v) is 2.93. The van der Waals surface area contributed by atoms with Crippen molar-refractivity contribution in [2.75, 3.05) is 0 Å². The monoisotopic (exact) mass is 436 g/mol. The summed E-state index contributed by atoms with van der Waals surface area (Å²) in [6.07, 6.45) is -10.6. The molecular formula is C17H10F6N2O5. The zero-order chi connectivity index (χ0) is 22.9. The number of rotatable bonds is 6. The van der Waals surface area contributed by atoms with E-state index >= 15 is 0 Å². The molecule has 2 aromatic rings. The predicted octanol–water partition coefficient (Wildman–Crippen LogP) is 4.51. The van der Waals surface area contributed by atoms with Crippen LogP contribution in [-0.4, -0.2) is 15.6 Å². The summed E-state index contributed by atoms with van der Waals surface area (Å²) in [4.78, 5) is 31.9. The number of benzene rings is 2. The van der Waals surface area contributed by atoms with E-state index in [0.717, 1.165) is 24.3 Å². The Morgan fingerprint density at radius 1 is 0.733 bits per heavy atom. The number of nitro groups is 2. The van der Waals surface area contributed by atoms with Gasteiger partial charge in [-0.2, -0.15) is 26.3 Å². The summed E-state index contributed by atoms with van der Waals surface area (Å²) in [5, 5.41) is 21.3. The van der Waals surface area contributed by atoms with Crippen molar-refractivity contribution in [1.29, 1.82) is 0 Å². The quantitative estimate of drug-likeness (QED) is 0.287. The first kappa shape index (κ1) is 22.8. The molecule has 0 aromatic heterocycles. The van der Waals surface area contributed by atoms with Gasteiger partial charge in [0.05, 0.1) is 11.1 Å². The molecular weight excluding hydrogens is 426 g/mol. The molecule has 0 aliphatic carbocycles. The third-order valence-electron chi connectivity index (χ3n) is 3.96. The number of alkyl halides is 6. The van der Waals surface area contributed by atoms with Crippen molar-refractivity contribution >= 4 is 5.78 Å². The van der Waals surface area contributed by atoms with Crippen molar-refractivity contribution in [2.24, 2.45) is 0 Å². The van der Waals surface area contributed by atoms with E-state index in [0.29, 0.717) is 12.1 Å². The molecule has 0 aliphatic rings. The van der Waals surface area contributed by atoms with Gasteiger partial charge >= 0.3 is 12.4 Å². The van der Waals surface area contributed by atoms with E-state index < -0.39 is 74.5 Å². The molecule has 160 valence electrons. The average molecular weight is 436 g/mol. The van der Waals surface area contributed by atoms with Crippen LogP contribution in [0.3, 0.4) is 0 Å². The highest BCUT2D eigenvalue weighted by Gasteiger charge is 2.42. The Balaban J connectivity index is 2.79. The third kappa shape index (κ3) is 4.90. The standard InChI is InChI=1S/C17H10F6N2O5/c18-16(19,20)13-9(7-24(27)28)3-1-5-11(13)15(26)12-6-2-4-10(8-25(29)30)14(12)17(21,22)23/h1-6H,7-8H2. The van der Waals surface area contributed by atoms with E-state index in [2.05, 4.69) is 0 Å². The van der Waals surface area contributed by atoms with Crippen molar-refractivity contribution in [2.45, 2.75) is 25.4 Å². The van der Waals surface area contributed by atoms with Crippen LogP contribution in [0.1, 0.15) is 38.2 Å². The summed E-state index contributed by atoms with van der Waals surface area (Å²) < 4.78 is 81.2. The number of ketones is 1. The summed E-state index contributed by atoms with van der Waals surface area (Å²) in [5.74, 6) is -1.72. The Morgan fingerprint density at radius 3 is 1.33 bits per heavy atom. The molecule has 7 nitrogen and oxygen atoms in total. The third-order valence-corrected chi connectivity index (χ3v) is 3.96. The fraction of sp³-hybridized carbons (Fsp3) is 0.235. The molecule has 0 bridgehead atoms. The van der Waals surface area contributed by atoms with Crippen LogP contribution < -0.4 is 0 Å². The van der Waals surface area contributed by atoms with Gasteiger partial charge in [0.1, 0.15) is 0 Å². The Morgan fingerprint density at radius 2 is 1.07 bits per heavy atom. The first-order chi connectivity index (χ1) is 13.7. The van der Waals surface area contributed by atoms with Gasteiger partial charge in [0.15, 0.2) is 5.78 Å². The Hall–Kier alpha value is -3.51. The maximum atomic E-state index is 13.5. The molecule has 0 heterocycles. The number of hydrogen-bond donors (Lipinski definition) is 0. The lowest BCUT2D eigenvalue weighted by atomic mass is 9.90. The molecule has 0 N–H and O–H groups in total. The minimum Gasteiger partial charge on any atom is -0.289 e. The largest absolute Gasteiger partial charge is 0.417 e. The molecule has 30 heavy (non-hydrogen) atoms. The second-order valence-corrected chi connectivity index (χ2v) is 5.99. The first-order valence-electron chi connectivity index (χ1n) is 7.90. The Bertz CT molecular complexity index is 937. The average Bonchev–Trinajstić information content (AvgIpc) is 2.57. The number of halogens is 6. The van der Waals surface area contributed by atoms with E-state index in [-0.39, 0.29) is 0 Å². The lowest BCUT2D eigenvalue weighted by Crippen LogP contribution is -2.22. The Labute approximate surface area is 163 Å². The molecule has 2 aromatic carbocycles. The van der Waals surface area contributed by atoms with E-state index in [1.165, 1.54) is 0 Å². The van der Waals surface area contributed by atoms with Crippen LogP contribution in [0.5, 0.6) is 0 Å². The highest BCUT2D eigenvalue weighted by Crippen LogP contribution is 2.39. The molecule has 0 amide bonds. The zero-order valence-corrected chi connectivity index (χ0v) is 14.6. The van der Waals surface area contributed by atoms with Crippen LogP contribution in [-0.2, 0) is 25.4 Å². The van der Waals surface area contributed by atoms with Crippen LogP contribution in [0.15, 0.2) is 36.4 Å². The molecule has 0 unspecified atom stereocenters. The van der Waals surface area contributed by atoms with Gasteiger partial charge in [-0.25, -0.2) is 0 Å². The second-order valence-electron chi connectivity index (χ2n) is 5.99. The van der Waals surface area contributed by atoms with Gasteiger partial charge < -0.3 is 0 Å². The van der Waals surface area contributed by atoms with Crippen molar-refractivity contribution in [3.05, 3.63) is 90.0 Å². The predicted molar refractivity (Wildman–Crippen MR) is 87.7 cm³/mol. The maximum absolute atomic E-state index is 13.5. The van der Waals surface area contributed by atoms with Crippen LogP contribution in [0.4, 0.5) is 26.3 Å². The Kier molecular flexibility index (Phi) is 6.14. The van der Waals surface area contributed by atoms with E-state index in [1.807, 2.05) is 0 Å². The lowest BCUT2D eigenvalue weighted by Gasteiger charge is -2.18. The minimum atomic E-state index is -5.28. The van der Waals surface area contributed by atoms with Crippen LogP contribution in [0.2, 0.25) is 0 Å². The van der Waals surface area contributed by atoms with E-state index in [4.69, 9.17) is 0 Å². The molecule has 0 atom stereocenters. The summed E-state index contributed by atoms with van der Waals surface area (Å²) in [5.41, 5.74) is -7.75. The van der Waals surface area contributed by atoms with Crippen molar-refractivity contribution < 1.29 is 41.0 Å². The highest BCUT2D eigenvalue weighted by molar-refractivity contribution is 6.11. The normalized spacial score (nSPS) is 11.9.